The Morgan fingerprint density at radius 1 is 1.46 bits per heavy atom. The quantitative estimate of drug-likeness (QED) is 0.572. The minimum absolute atomic E-state index is 0.0693. The van der Waals surface area contributed by atoms with Gasteiger partial charge in [0, 0.05) is 16.9 Å². The Labute approximate surface area is 86.4 Å². The average molecular weight is 217 g/mol. The predicted molar refractivity (Wildman–Crippen MR) is 53.8 cm³/mol. The van der Waals surface area contributed by atoms with E-state index in [2.05, 4.69) is 0 Å². The van der Waals surface area contributed by atoms with Crippen LogP contribution in [0.2, 0.25) is 0 Å². The molecule has 4 heteroatoms. The minimum atomic E-state index is -0.486. The number of halogens is 1. The van der Waals surface area contributed by atoms with E-state index in [0.29, 0.717) is 0 Å². The van der Waals surface area contributed by atoms with Crippen LogP contribution < -0.4 is 0 Å². The van der Waals surface area contributed by atoms with Gasteiger partial charge in [0.25, 0.3) is 0 Å². The highest BCUT2D eigenvalue weighted by Gasteiger charge is 1.97. The van der Waals surface area contributed by atoms with Gasteiger partial charge in [-0.05, 0) is 30.7 Å². The number of rotatable bonds is 4. The van der Waals surface area contributed by atoms with Crippen LogP contribution in [0.4, 0.5) is 0 Å². The van der Waals surface area contributed by atoms with Gasteiger partial charge in [0.05, 0.1) is 0 Å². The van der Waals surface area contributed by atoms with Gasteiger partial charge in [-0.2, -0.15) is 0 Å². The largest absolute Gasteiger partial charge is 0.301 e. The van der Waals surface area contributed by atoms with Crippen molar-refractivity contribution in [2.24, 2.45) is 0 Å². The normalized spacial score (nSPS) is 10.0. The van der Waals surface area contributed by atoms with Crippen molar-refractivity contribution in [1.82, 2.24) is 0 Å². The molecular weight excluding hydrogens is 208 g/mol. The van der Waals surface area contributed by atoms with Gasteiger partial charge in [0.2, 0.25) is 5.24 Å². The molecule has 0 N–H and O–H groups in total. The molecule has 0 aliphatic carbocycles. The second-order valence-corrected chi connectivity index (χ2v) is 3.81. The second kappa shape index (κ2) is 5.27. The van der Waals surface area contributed by atoms with Crippen molar-refractivity contribution in [2.75, 3.05) is 6.61 Å². The molecule has 0 bridgehead atoms. The number of aryl methyl sites for hydroxylation is 1. The number of hydrogen-bond acceptors (Lipinski definition) is 3. The first-order chi connectivity index (χ1) is 6.18. The van der Waals surface area contributed by atoms with Crippen LogP contribution in [-0.2, 0) is 8.98 Å². The van der Waals surface area contributed by atoms with Crippen molar-refractivity contribution in [1.29, 1.82) is 0 Å². The lowest BCUT2D eigenvalue weighted by atomic mass is 10.2. The Bertz CT molecular complexity index is 284. The van der Waals surface area contributed by atoms with Crippen molar-refractivity contribution >= 4 is 28.9 Å². The summed E-state index contributed by atoms with van der Waals surface area (Å²) in [5.41, 5.74) is 1.19. The Morgan fingerprint density at radius 2 is 2.08 bits per heavy atom. The lowest BCUT2D eigenvalue weighted by molar-refractivity contribution is -0.113. The fourth-order valence-corrected chi connectivity index (χ4v) is 1.41. The maximum atomic E-state index is 10.3. The Kier molecular flexibility index (Phi) is 4.28. The first kappa shape index (κ1) is 10.6. The summed E-state index contributed by atoms with van der Waals surface area (Å²) in [6.45, 7) is 1.94. The van der Waals surface area contributed by atoms with Crippen LogP contribution in [0.25, 0.3) is 0 Å². The third-order valence-electron chi connectivity index (χ3n) is 1.35. The zero-order valence-electron chi connectivity index (χ0n) is 7.12. The molecule has 0 amide bonds. The lowest BCUT2D eigenvalue weighted by Crippen LogP contribution is -1.95. The Balaban J connectivity index is 2.37. The van der Waals surface area contributed by atoms with Crippen LogP contribution in [0, 0.1) is 6.92 Å². The third-order valence-corrected chi connectivity index (χ3v) is 2.16. The highest BCUT2D eigenvalue weighted by atomic mass is 35.5. The number of carbonyl (C=O) groups excluding carboxylic acids is 1. The molecule has 0 heterocycles. The van der Waals surface area contributed by atoms with Gasteiger partial charge in [0.1, 0.15) is 6.61 Å². The van der Waals surface area contributed by atoms with E-state index in [9.17, 15) is 4.79 Å². The molecule has 0 saturated heterocycles. The smallest absolute Gasteiger partial charge is 0.248 e. The maximum Gasteiger partial charge on any atom is 0.248 e. The van der Waals surface area contributed by atoms with E-state index < -0.39 is 5.24 Å². The van der Waals surface area contributed by atoms with Crippen molar-refractivity contribution < 1.29 is 8.98 Å². The van der Waals surface area contributed by atoms with Gasteiger partial charge >= 0.3 is 0 Å². The topological polar surface area (TPSA) is 26.3 Å². The molecule has 13 heavy (non-hydrogen) atoms. The number of benzene rings is 1. The summed E-state index contributed by atoms with van der Waals surface area (Å²) in [5, 5.41) is -0.486. The lowest BCUT2D eigenvalue weighted by Gasteiger charge is -1.99. The molecule has 0 fully saturated rings. The second-order valence-electron chi connectivity index (χ2n) is 2.51. The summed E-state index contributed by atoms with van der Waals surface area (Å²) in [6, 6.07) is 7.82. The number of hydrogen-bond donors (Lipinski definition) is 0. The molecule has 0 saturated carbocycles. The summed E-state index contributed by atoms with van der Waals surface area (Å²) in [6.07, 6.45) is 0. The molecule has 2 nitrogen and oxygen atoms in total. The Morgan fingerprint density at radius 3 is 2.62 bits per heavy atom. The maximum absolute atomic E-state index is 10.3. The van der Waals surface area contributed by atoms with E-state index in [4.69, 9.17) is 15.8 Å². The molecule has 0 aliphatic rings. The highest BCUT2D eigenvalue weighted by molar-refractivity contribution is 7.94. The predicted octanol–water partition coefficient (Wildman–Crippen LogP) is 2.78. The molecule has 70 valence electrons. The van der Waals surface area contributed by atoms with Gasteiger partial charge in [-0.1, -0.05) is 17.7 Å². The van der Waals surface area contributed by atoms with Gasteiger partial charge in [0.15, 0.2) is 0 Å². The van der Waals surface area contributed by atoms with Crippen molar-refractivity contribution in [3.8, 4) is 0 Å². The number of carbonyl (C=O) groups is 1. The van der Waals surface area contributed by atoms with Crippen molar-refractivity contribution in [2.45, 2.75) is 11.8 Å². The third kappa shape index (κ3) is 4.31. The summed E-state index contributed by atoms with van der Waals surface area (Å²) in [5.74, 6) is 0. The summed E-state index contributed by atoms with van der Waals surface area (Å²) >= 11 is 6.24. The van der Waals surface area contributed by atoms with Crippen LogP contribution in [-0.4, -0.2) is 11.8 Å². The zero-order chi connectivity index (χ0) is 9.68. The Hall–Kier alpha value is -0.510. The summed E-state index contributed by atoms with van der Waals surface area (Å²) in [7, 11) is 0. The molecule has 1 aromatic carbocycles. The van der Waals surface area contributed by atoms with E-state index >= 15 is 0 Å². The fourth-order valence-electron chi connectivity index (χ4n) is 0.738. The van der Waals surface area contributed by atoms with Gasteiger partial charge in [-0.25, -0.2) is 0 Å². The minimum Gasteiger partial charge on any atom is -0.301 e. The van der Waals surface area contributed by atoms with Gasteiger partial charge < -0.3 is 4.18 Å². The van der Waals surface area contributed by atoms with Crippen LogP contribution in [0.15, 0.2) is 29.2 Å². The summed E-state index contributed by atoms with van der Waals surface area (Å²) < 4.78 is 4.96. The van der Waals surface area contributed by atoms with Gasteiger partial charge in [-0.15, -0.1) is 0 Å². The molecule has 1 aromatic rings. The monoisotopic (exact) mass is 216 g/mol. The average Bonchev–Trinajstić information content (AvgIpc) is 2.08. The van der Waals surface area contributed by atoms with E-state index in [1.165, 1.54) is 5.56 Å². The molecule has 1 rings (SSSR count). The highest BCUT2D eigenvalue weighted by Crippen LogP contribution is 2.19. The van der Waals surface area contributed by atoms with Crippen molar-refractivity contribution in [3.05, 3.63) is 29.8 Å². The van der Waals surface area contributed by atoms with E-state index in [1.54, 1.807) is 0 Å². The molecule has 0 unspecified atom stereocenters. The molecule has 0 aliphatic heterocycles. The molecule has 0 aromatic heterocycles. The SMILES string of the molecule is Cc1ccc(SOCC(=O)Cl)cc1. The fraction of sp³-hybridized carbons (Fsp3) is 0.222. The summed E-state index contributed by atoms with van der Waals surface area (Å²) in [4.78, 5) is 11.3. The zero-order valence-corrected chi connectivity index (χ0v) is 8.69. The van der Waals surface area contributed by atoms with E-state index in [-0.39, 0.29) is 6.61 Å². The van der Waals surface area contributed by atoms with Crippen LogP contribution in [0.1, 0.15) is 5.56 Å². The van der Waals surface area contributed by atoms with Crippen LogP contribution in [0.5, 0.6) is 0 Å². The van der Waals surface area contributed by atoms with Crippen molar-refractivity contribution in [3.63, 3.8) is 0 Å². The van der Waals surface area contributed by atoms with Crippen LogP contribution in [0.3, 0.4) is 0 Å². The van der Waals surface area contributed by atoms with Gasteiger partial charge in [-0.3, -0.25) is 4.79 Å². The molecular formula is C9H9ClO2S. The van der Waals surface area contributed by atoms with Crippen LogP contribution >= 0.6 is 23.6 Å². The standard InChI is InChI=1S/C9H9ClO2S/c1-7-2-4-8(5-3-7)13-12-6-9(10)11/h2-5H,6H2,1H3. The molecule has 0 spiro atoms. The molecule has 0 atom stereocenters. The molecule has 0 radical (unpaired) electrons. The van der Waals surface area contributed by atoms with E-state index in [1.807, 2.05) is 31.2 Å². The first-order valence-corrected chi connectivity index (χ1v) is 4.85. The first-order valence-electron chi connectivity index (χ1n) is 3.73. The van der Waals surface area contributed by atoms with E-state index in [0.717, 1.165) is 16.9 Å².